The van der Waals surface area contributed by atoms with Crippen molar-refractivity contribution in [3.63, 3.8) is 0 Å². The molecule has 8 nitrogen and oxygen atoms in total. The first-order chi connectivity index (χ1) is 14.4. The number of amides is 4. The van der Waals surface area contributed by atoms with Crippen LogP contribution in [0.4, 0.5) is 4.79 Å². The van der Waals surface area contributed by atoms with Crippen LogP contribution in [0.5, 0.6) is 0 Å². The van der Waals surface area contributed by atoms with Gasteiger partial charge in [-0.3, -0.25) is 14.5 Å². The molecule has 1 aliphatic heterocycles. The lowest BCUT2D eigenvalue weighted by atomic mass is 9.91. The molecule has 1 saturated carbocycles. The average molecular weight is 416 g/mol. The minimum Gasteiger partial charge on any atom is -0.350 e. The van der Waals surface area contributed by atoms with E-state index in [1.807, 2.05) is 32.0 Å². The standard InChI is InChI=1S/C22H33N5O3/c1-3-24-22(30)27-13-5-12-26(21(29)16-7-4-6-15(2)14-16)20(27)19(28)25-18-10-8-17(23)9-11-18/h4,6-7,14,17-18,20H,3,5,8-13,23H2,1-2H3,(H,24,30)(H,25,28). The van der Waals surface area contributed by atoms with Crippen molar-refractivity contribution in [2.45, 2.75) is 64.2 Å². The summed E-state index contributed by atoms with van der Waals surface area (Å²) in [6, 6.07) is 7.18. The zero-order valence-corrected chi connectivity index (χ0v) is 17.9. The molecule has 1 aromatic carbocycles. The zero-order chi connectivity index (χ0) is 21.7. The topological polar surface area (TPSA) is 108 Å². The Labute approximate surface area is 178 Å². The van der Waals surface area contributed by atoms with Crippen LogP contribution in [0.2, 0.25) is 0 Å². The summed E-state index contributed by atoms with van der Waals surface area (Å²) in [7, 11) is 0. The molecule has 8 heteroatoms. The smallest absolute Gasteiger partial charge is 0.319 e. The number of nitrogens with zero attached hydrogens (tertiary/aromatic N) is 2. The van der Waals surface area contributed by atoms with Crippen molar-refractivity contribution in [1.29, 1.82) is 0 Å². The molecule has 0 aromatic heterocycles. The van der Waals surface area contributed by atoms with Crippen LogP contribution in [-0.2, 0) is 4.79 Å². The van der Waals surface area contributed by atoms with Gasteiger partial charge in [-0.2, -0.15) is 0 Å². The molecule has 1 saturated heterocycles. The molecular formula is C22H33N5O3. The Bertz CT molecular complexity index is 776. The second-order valence-electron chi connectivity index (χ2n) is 8.24. The largest absolute Gasteiger partial charge is 0.350 e. The summed E-state index contributed by atoms with van der Waals surface area (Å²) >= 11 is 0. The lowest BCUT2D eigenvalue weighted by Crippen LogP contribution is -2.65. The molecule has 30 heavy (non-hydrogen) atoms. The minimum absolute atomic E-state index is 0.0197. The number of rotatable bonds is 4. The maximum Gasteiger partial charge on any atom is 0.319 e. The van der Waals surface area contributed by atoms with Gasteiger partial charge in [-0.05, 0) is 58.1 Å². The molecule has 3 rings (SSSR count). The highest BCUT2D eigenvalue weighted by atomic mass is 16.2. The first-order valence-electron chi connectivity index (χ1n) is 10.9. The van der Waals surface area contributed by atoms with E-state index in [1.165, 1.54) is 9.80 Å². The van der Waals surface area contributed by atoms with Gasteiger partial charge < -0.3 is 21.3 Å². The summed E-state index contributed by atoms with van der Waals surface area (Å²) in [4.78, 5) is 42.3. The lowest BCUT2D eigenvalue weighted by molar-refractivity contribution is -0.133. The van der Waals surface area contributed by atoms with E-state index < -0.39 is 6.17 Å². The van der Waals surface area contributed by atoms with Crippen molar-refractivity contribution in [2.24, 2.45) is 5.73 Å². The Morgan fingerprint density at radius 3 is 2.47 bits per heavy atom. The van der Waals surface area contributed by atoms with Gasteiger partial charge in [0.2, 0.25) is 0 Å². The third-order valence-corrected chi connectivity index (χ3v) is 5.86. The van der Waals surface area contributed by atoms with Crippen molar-refractivity contribution < 1.29 is 14.4 Å². The van der Waals surface area contributed by atoms with Crippen molar-refractivity contribution >= 4 is 17.8 Å². The zero-order valence-electron chi connectivity index (χ0n) is 17.9. The highest BCUT2D eigenvalue weighted by molar-refractivity contribution is 5.99. The number of hydrogen-bond donors (Lipinski definition) is 3. The molecule has 164 valence electrons. The van der Waals surface area contributed by atoms with Crippen molar-refractivity contribution in [1.82, 2.24) is 20.4 Å². The molecule has 2 aliphatic rings. The highest BCUT2D eigenvalue weighted by Crippen LogP contribution is 2.21. The highest BCUT2D eigenvalue weighted by Gasteiger charge is 2.41. The summed E-state index contributed by atoms with van der Waals surface area (Å²) in [6.07, 6.45) is 3.01. The van der Waals surface area contributed by atoms with Gasteiger partial charge in [0.1, 0.15) is 0 Å². The lowest BCUT2D eigenvalue weighted by Gasteiger charge is -2.43. The summed E-state index contributed by atoms with van der Waals surface area (Å²) in [5.41, 5.74) is 7.47. The van der Waals surface area contributed by atoms with Gasteiger partial charge in [0.15, 0.2) is 6.17 Å². The number of nitrogens with two attached hydrogens (primary N) is 1. The van der Waals surface area contributed by atoms with E-state index in [1.54, 1.807) is 6.07 Å². The fourth-order valence-corrected chi connectivity index (χ4v) is 4.27. The van der Waals surface area contributed by atoms with E-state index in [4.69, 9.17) is 5.73 Å². The second-order valence-corrected chi connectivity index (χ2v) is 8.24. The van der Waals surface area contributed by atoms with Crippen LogP contribution in [0.25, 0.3) is 0 Å². The molecule has 4 amide bonds. The molecule has 1 atom stereocenters. The fraction of sp³-hybridized carbons (Fsp3) is 0.591. The van der Waals surface area contributed by atoms with Crippen molar-refractivity contribution in [3.05, 3.63) is 35.4 Å². The Kier molecular flexibility index (Phi) is 7.31. The predicted molar refractivity (Wildman–Crippen MR) is 115 cm³/mol. The molecule has 1 unspecified atom stereocenters. The van der Waals surface area contributed by atoms with Gasteiger partial charge in [0.25, 0.3) is 11.8 Å². The third-order valence-electron chi connectivity index (χ3n) is 5.86. The number of urea groups is 1. The van der Waals surface area contributed by atoms with Crippen LogP contribution in [0, 0.1) is 6.92 Å². The number of benzene rings is 1. The van der Waals surface area contributed by atoms with Crippen LogP contribution >= 0.6 is 0 Å². The van der Waals surface area contributed by atoms with E-state index in [0.29, 0.717) is 31.6 Å². The molecule has 4 N–H and O–H groups in total. The van der Waals surface area contributed by atoms with E-state index in [2.05, 4.69) is 10.6 Å². The van der Waals surface area contributed by atoms with Gasteiger partial charge in [0, 0.05) is 37.3 Å². The van der Waals surface area contributed by atoms with Crippen molar-refractivity contribution in [2.75, 3.05) is 19.6 Å². The Morgan fingerprint density at radius 1 is 1.10 bits per heavy atom. The third kappa shape index (κ3) is 5.11. The molecule has 0 bridgehead atoms. The van der Waals surface area contributed by atoms with Gasteiger partial charge in [0.05, 0.1) is 0 Å². The van der Waals surface area contributed by atoms with Crippen LogP contribution in [0.15, 0.2) is 24.3 Å². The number of nitrogens with one attached hydrogen (secondary N) is 2. The van der Waals surface area contributed by atoms with Crippen LogP contribution in [0.3, 0.4) is 0 Å². The van der Waals surface area contributed by atoms with E-state index in [9.17, 15) is 14.4 Å². The molecule has 2 fully saturated rings. The summed E-state index contributed by atoms with van der Waals surface area (Å²) in [6.45, 7) is 5.06. The summed E-state index contributed by atoms with van der Waals surface area (Å²) in [5, 5.41) is 5.84. The molecule has 0 spiro atoms. The molecule has 1 aliphatic carbocycles. The molecule has 1 heterocycles. The Hall–Kier alpha value is -2.61. The van der Waals surface area contributed by atoms with Gasteiger partial charge >= 0.3 is 6.03 Å². The number of carbonyl (C=O) groups is 3. The van der Waals surface area contributed by atoms with Gasteiger partial charge in [-0.25, -0.2) is 4.79 Å². The first-order valence-corrected chi connectivity index (χ1v) is 10.9. The Morgan fingerprint density at radius 2 is 1.80 bits per heavy atom. The SMILES string of the molecule is CCNC(=O)N1CCCN(C(=O)c2cccc(C)c2)C1C(=O)NC1CCC(N)CC1. The first kappa shape index (κ1) is 22.1. The van der Waals surface area contributed by atoms with Crippen LogP contribution < -0.4 is 16.4 Å². The van der Waals surface area contributed by atoms with Crippen LogP contribution in [-0.4, -0.2) is 65.5 Å². The van der Waals surface area contributed by atoms with Crippen LogP contribution in [0.1, 0.15) is 54.9 Å². The monoisotopic (exact) mass is 415 g/mol. The number of hydrogen-bond acceptors (Lipinski definition) is 4. The normalized spacial score (nSPS) is 24.3. The van der Waals surface area contributed by atoms with Crippen molar-refractivity contribution in [3.8, 4) is 0 Å². The summed E-state index contributed by atoms with van der Waals surface area (Å²) in [5.74, 6) is -0.541. The minimum atomic E-state index is -0.964. The predicted octanol–water partition coefficient (Wildman–Crippen LogP) is 1.58. The van der Waals surface area contributed by atoms with E-state index in [-0.39, 0.29) is 29.9 Å². The molecular weight excluding hydrogens is 382 g/mol. The molecule has 1 aromatic rings. The maximum absolute atomic E-state index is 13.3. The quantitative estimate of drug-likeness (QED) is 0.694. The number of aryl methyl sites for hydroxylation is 1. The Balaban J connectivity index is 1.84. The maximum atomic E-state index is 13.3. The number of carbonyl (C=O) groups excluding carboxylic acids is 3. The fourth-order valence-electron chi connectivity index (χ4n) is 4.27. The van der Waals surface area contributed by atoms with Gasteiger partial charge in [-0.1, -0.05) is 17.7 Å². The average Bonchev–Trinajstić information content (AvgIpc) is 2.74. The summed E-state index contributed by atoms with van der Waals surface area (Å²) < 4.78 is 0. The second kappa shape index (κ2) is 9.93. The van der Waals surface area contributed by atoms with Gasteiger partial charge in [-0.15, -0.1) is 0 Å². The van der Waals surface area contributed by atoms with E-state index in [0.717, 1.165) is 31.2 Å². The molecule has 0 radical (unpaired) electrons. The van der Waals surface area contributed by atoms with E-state index >= 15 is 0 Å².